The van der Waals surface area contributed by atoms with Crippen molar-refractivity contribution in [2.75, 3.05) is 14.1 Å². The Morgan fingerprint density at radius 2 is 1.80 bits per heavy atom. The lowest BCUT2D eigenvalue weighted by atomic mass is 9.75. The second kappa shape index (κ2) is 5.29. The van der Waals surface area contributed by atoms with E-state index in [1.165, 1.54) is 16.7 Å². The first-order valence-electron chi connectivity index (χ1n) is 7.20. The van der Waals surface area contributed by atoms with Crippen molar-refractivity contribution in [3.05, 3.63) is 65.2 Å². The molecule has 0 radical (unpaired) electrons. The highest BCUT2D eigenvalue weighted by Crippen LogP contribution is 2.39. The van der Waals surface area contributed by atoms with E-state index < -0.39 is 0 Å². The Labute approximate surface area is 120 Å². The summed E-state index contributed by atoms with van der Waals surface area (Å²) in [5.41, 5.74) is 3.98. The number of hydrogen-bond donors (Lipinski definition) is 1. The molecule has 2 nitrogen and oxygen atoms in total. The summed E-state index contributed by atoms with van der Waals surface area (Å²) in [6.45, 7) is 0. The number of aryl methyl sites for hydroxylation is 1. The number of phenols is 1. The Hall–Kier alpha value is -1.80. The Kier molecular flexibility index (Phi) is 3.49. The molecule has 0 bridgehead atoms. The second-order valence-electron chi connectivity index (χ2n) is 5.84. The van der Waals surface area contributed by atoms with Gasteiger partial charge in [-0.1, -0.05) is 36.4 Å². The fraction of sp³-hybridized carbons (Fsp3) is 0.333. The van der Waals surface area contributed by atoms with Gasteiger partial charge in [0.1, 0.15) is 5.75 Å². The zero-order chi connectivity index (χ0) is 14.1. The largest absolute Gasteiger partial charge is 0.508 e. The van der Waals surface area contributed by atoms with Crippen molar-refractivity contribution in [2.24, 2.45) is 0 Å². The molecule has 0 aliphatic heterocycles. The number of benzene rings is 2. The van der Waals surface area contributed by atoms with Gasteiger partial charge in [-0.2, -0.15) is 0 Å². The lowest BCUT2D eigenvalue weighted by Crippen LogP contribution is -2.38. The summed E-state index contributed by atoms with van der Waals surface area (Å²) in [4.78, 5) is 2.31. The third-order valence-corrected chi connectivity index (χ3v) is 4.38. The molecule has 0 fully saturated rings. The highest BCUT2D eigenvalue weighted by molar-refractivity contribution is 5.45. The quantitative estimate of drug-likeness (QED) is 0.901. The van der Waals surface area contributed by atoms with Gasteiger partial charge >= 0.3 is 0 Å². The van der Waals surface area contributed by atoms with Crippen molar-refractivity contribution < 1.29 is 5.11 Å². The number of rotatable bonds is 2. The zero-order valence-electron chi connectivity index (χ0n) is 12.1. The molecule has 104 valence electrons. The SMILES string of the molecule is CN(C)[C@H]1CCc2ccc(O)cc2[C@H]1c1ccccc1. The molecule has 0 spiro atoms. The van der Waals surface area contributed by atoms with Crippen LogP contribution >= 0.6 is 0 Å². The van der Waals surface area contributed by atoms with E-state index in [1.54, 1.807) is 6.07 Å². The molecule has 1 aliphatic carbocycles. The van der Waals surface area contributed by atoms with Crippen LogP contribution in [0.25, 0.3) is 0 Å². The minimum atomic E-state index is 0.335. The third kappa shape index (κ3) is 2.32. The lowest BCUT2D eigenvalue weighted by molar-refractivity contribution is 0.245. The molecule has 0 heterocycles. The first kappa shape index (κ1) is 13.2. The van der Waals surface area contributed by atoms with Crippen LogP contribution in [0.15, 0.2) is 48.5 Å². The number of phenolic OH excluding ortho intramolecular Hbond substituents is 1. The molecular weight excluding hydrogens is 246 g/mol. The fourth-order valence-corrected chi connectivity index (χ4v) is 3.40. The highest BCUT2D eigenvalue weighted by atomic mass is 16.3. The molecule has 2 atom stereocenters. The smallest absolute Gasteiger partial charge is 0.115 e. The van der Waals surface area contributed by atoms with Crippen LogP contribution in [0.4, 0.5) is 0 Å². The van der Waals surface area contributed by atoms with Gasteiger partial charge in [0.25, 0.3) is 0 Å². The molecule has 0 saturated heterocycles. The van der Waals surface area contributed by atoms with E-state index in [0.29, 0.717) is 17.7 Å². The van der Waals surface area contributed by atoms with Crippen molar-refractivity contribution in [3.8, 4) is 5.75 Å². The standard InChI is InChI=1S/C18H21NO/c1-19(2)17-11-9-13-8-10-15(20)12-16(13)18(17)14-6-4-3-5-7-14/h3-8,10,12,17-18,20H,9,11H2,1-2H3/t17-,18+/m0/s1. The minimum Gasteiger partial charge on any atom is -0.508 e. The van der Waals surface area contributed by atoms with Crippen molar-refractivity contribution in [3.63, 3.8) is 0 Å². The number of hydrogen-bond acceptors (Lipinski definition) is 2. The average molecular weight is 267 g/mol. The zero-order valence-corrected chi connectivity index (χ0v) is 12.1. The molecule has 2 aromatic carbocycles. The monoisotopic (exact) mass is 267 g/mol. The molecule has 2 aromatic rings. The van der Waals surface area contributed by atoms with Gasteiger partial charge in [-0.25, -0.2) is 0 Å². The molecule has 2 heteroatoms. The summed E-state index contributed by atoms with van der Waals surface area (Å²) >= 11 is 0. The van der Waals surface area contributed by atoms with Crippen molar-refractivity contribution in [1.29, 1.82) is 0 Å². The van der Waals surface area contributed by atoms with Crippen molar-refractivity contribution in [1.82, 2.24) is 4.90 Å². The summed E-state index contributed by atoms with van der Waals surface area (Å²) < 4.78 is 0. The molecule has 0 aromatic heterocycles. The van der Waals surface area contributed by atoms with Crippen LogP contribution in [0.2, 0.25) is 0 Å². The van der Waals surface area contributed by atoms with Gasteiger partial charge in [0.2, 0.25) is 0 Å². The van der Waals surface area contributed by atoms with Crippen LogP contribution in [0.5, 0.6) is 5.75 Å². The van der Waals surface area contributed by atoms with E-state index in [-0.39, 0.29) is 0 Å². The number of fused-ring (bicyclic) bond motifs is 1. The average Bonchev–Trinajstić information content (AvgIpc) is 2.46. The summed E-state index contributed by atoms with van der Waals surface area (Å²) in [7, 11) is 4.29. The van der Waals surface area contributed by atoms with Gasteiger partial charge in [-0.05, 0) is 55.8 Å². The summed E-state index contributed by atoms with van der Waals surface area (Å²) in [6, 6.07) is 16.9. The number of aromatic hydroxyl groups is 1. The normalized spacial score (nSPS) is 21.8. The van der Waals surface area contributed by atoms with Gasteiger partial charge in [-0.3, -0.25) is 0 Å². The number of nitrogens with zero attached hydrogens (tertiary/aromatic N) is 1. The molecular formula is C18H21NO. The van der Waals surface area contributed by atoms with E-state index in [0.717, 1.165) is 12.8 Å². The molecule has 0 saturated carbocycles. The van der Waals surface area contributed by atoms with E-state index in [1.807, 2.05) is 6.07 Å². The molecule has 0 amide bonds. The fourth-order valence-electron chi connectivity index (χ4n) is 3.40. The predicted octanol–water partition coefficient (Wildman–Crippen LogP) is 3.40. The second-order valence-corrected chi connectivity index (χ2v) is 5.84. The molecule has 1 aliphatic rings. The van der Waals surface area contributed by atoms with E-state index in [4.69, 9.17) is 0 Å². The minimum absolute atomic E-state index is 0.335. The van der Waals surface area contributed by atoms with Crippen LogP contribution in [-0.2, 0) is 6.42 Å². The number of likely N-dealkylation sites (N-methyl/N-ethyl adjacent to an activating group) is 1. The van der Waals surface area contributed by atoms with E-state index in [9.17, 15) is 5.11 Å². The van der Waals surface area contributed by atoms with Gasteiger partial charge < -0.3 is 10.0 Å². The van der Waals surface area contributed by atoms with Crippen molar-refractivity contribution >= 4 is 0 Å². The maximum Gasteiger partial charge on any atom is 0.115 e. The maximum atomic E-state index is 9.86. The maximum absolute atomic E-state index is 9.86. The first-order valence-corrected chi connectivity index (χ1v) is 7.20. The van der Waals surface area contributed by atoms with Crippen LogP contribution < -0.4 is 0 Å². The van der Waals surface area contributed by atoms with Gasteiger partial charge in [0.15, 0.2) is 0 Å². The first-order chi connectivity index (χ1) is 9.66. The molecule has 20 heavy (non-hydrogen) atoms. The topological polar surface area (TPSA) is 23.5 Å². The summed E-state index contributed by atoms with van der Waals surface area (Å²) in [5, 5.41) is 9.86. The predicted molar refractivity (Wildman–Crippen MR) is 82.2 cm³/mol. The molecule has 1 N–H and O–H groups in total. The van der Waals surface area contributed by atoms with E-state index >= 15 is 0 Å². The highest BCUT2D eigenvalue weighted by Gasteiger charge is 2.32. The Bertz CT molecular complexity index is 592. The van der Waals surface area contributed by atoms with Crippen LogP contribution in [-0.4, -0.2) is 30.1 Å². The lowest BCUT2D eigenvalue weighted by Gasteiger charge is -2.38. The van der Waals surface area contributed by atoms with Crippen LogP contribution in [0.1, 0.15) is 29.0 Å². The third-order valence-electron chi connectivity index (χ3n) is 4.38. The Morgan fingerprint density at radius 3 is 2.50 bits per heavy atom. The summed E-state index contributed by atoms with van der Waals surface area (Å²) in [5.74, 6) is 0.700. The van der Waals surface area contributed by atoms with Gasteiger partial charge in [0, 0.05) is 12.0 Å². The molecule has 3 rings (SSSR count). The van der Waals surface area contributed by atoms with Crippen LogP contribution in [0.3, 0.4) is 0 Å². The van der Waals surface area contributed by atoms with Crippen LogP contribution in [0, 0.1) is 0 Å². The Balaban J connectivity index is 2.13. The van der Waals surface area contributed by atoms with E-state index in [2.05, 4.69) is 55.4 Å². The van der Waals surface area contributed by atoms with Gasteiger partial charge in [0.05, 0.1) is 0 Å². The van der Waals surface area contributed by atoms with Crippen molar-refractivity contribution in [2.45, 2.75) is 24.8 Å². The van der Waals surface area contributed by atoms with Gasteiger partial charge in [-0.15, -0.1) is 0 Å². The molecule has 0 unspecified atom stereocenters. The Morgan fingerprint density at radius 1 is 1.05 bits per heavy atom. The summed E-state index contributed by atoms with van der Waals surface area (Å²) in [6.07, 6.45) is 2.24.